The van der Waals surface area contributed by atoms with Crippen LogP contribution >= 0.6 is 11.6 Å². The second kappa shape index (κ2) is 7.28. The summed E-state index contributed by atoms with van der Waals surface area (Å²) in [7, 11) is 3.12. The minimum atomic E-state index is -0.550. The molecule has 0 saturated heterocycles. The van der Waals surface area contributed by atoms with Gasteiger partial charge in [0.2, 0.25) is 5.91 Å². The lowest BCUT2D eigenvalue weighted by atomic mass is 10.1. The van der Waals surface area contributed by atoms with Gasteiger partial charge >= 0.3 is 5.97 Å². The van der Waals surface area contributed by atoms with E-state index in [1.807, 2.05) is 20.2 Å². The van der Waals surface area contributed by atoms with Crippen LogP contribution in [-0.4, -0.2) is 28.8 Å². The maximum atomic E-state index is 12.1. The summed E-state index contributed by atoms with van der Waals surface area (Å²) in [6.07, 6.45) is 2.76. The van der Waals surface area contributed by atoms with Crippen LogP contribution in [0.25, 0.3) is 0 Å². The molecule has 0 aliphatic rings. The Hall–Kier alpha value is -2.34. The predicted octanol–water partition coefficient (Wildman–Crippen LogP) is 2.74. The fourth-order valence-corrected chi connectivity index (χ4v) is 2.43. The van der Waals surface area contributed by atoms with Gasteiger partial charge in [-0.05, 0) is 37.1 Å². The summed E-state index contributed by atoms with van der Waals surface area (Å²) in [5.74, 6) is -0.744. The summed E-state index contributed by atoms with van der Waals surface area (Å²) < 4.78 is 6.42. The van der Waals surface area contributed by atoms with Crippen molar-refractivity contribution in [1.29, 1.82) is 0 Å². The molecule has 2 aromatic rings. The van der Waals surface area contributed by atoms with Gasteiger partial charge in [-0.15, -0.1) is 0 Å². The number of methoxy groups -OCH3 is 1. The monoisotopic (exact) mass is 335 g/mol. The van der Waals surface area contributed by atoms with Crippen molar-refractivity contribution in [3.8, 4) is 0 Å². The second-order valence-electron chi connectivity index (χ2n) is 5.14. The van der Waals surface area contributed by atoms with Crippen LogP contribution in [0.1, 0.15) is 28.0 Å². The molecule has 1 amide bonds. The number of rotatable bonds is 5. The molecule has 2 rings (SSSR count). The molecule has 0 saturated carbocycles. The number of amides is 1. The number of esters is 1. The minimum Gasteiger partial charge on any atom is -0.465 e. The molecule has 1 N–H and O–H groups in total. The van der Waals surface area contributed by atoms with Crippen LogP contribution < -0.4 is 5.32 Å². The molecular formula is C16H18ClN3O3. The number of carbonyl (C=O) groups is 2. The van der Waals surface area contributed by atoms with Crippen LogP contribution in [0.4, 0.5) is 5.69 Å². The van der Waals surface area contributed by atoms with Crippen molar-refractivity contribution in [1.82, 2.24) is 9.78 Å². The Labute approximate surface area is 139 Å². The first-order valence-electron chi connectivity index (χ1n) is 7.07. The number of ether oxygens (including phenoxy) is 1. The van der Waals surface area contributed by atoms with E-state index in [-0.39, 0.29) is 17.9 Å². The predicted molar refractivity (Wildman–Crippen MR) is 87.7 cm³/mol. The first-order chi connectivity index (χ1) is 10.9. The van der Waals surface area contributed by atoms with E-state index >= 15 is 0 Å². The number of aryl methyl sites for hydroxylation is 3. The summed E-state index contributed by atoms with van der Waals surface area (Å²) >= 11 is 5.89. The maximum Gasteiger partial charge on any atom is 0.340 e. The minimum absolute atomic E-state index is 0.194. The molecule has 122 valence electrons. The number of hydrogen-bond acceptors (Lipinski definition) is 4. The van der Waals surface area contributed by atoms with E-state index in [4.69, 9.17) is 16.3 Å². The number of nitrogens with one attached hydrogen (secondary N) is 1. The highest BCUT2D eigenvalue weighted by atomic mass is 35.5. The molecular weight excluding hydrogens is 318 g/mol. The number of nitrogens with zero attached hydrogens (tertiary/aromatic N) is 2. The summed E-state index contributed by atoms with van der Waals surface area (Å²) in [4.78, 5) is 23.9. The van der Waals surface area contributed by atoms with Crippen molar-refractivity contribution in [3.05, 3.63) is 46.2 Å². The van der Waals surface area contributed by atoms with Gasteiger partial charge in [0.15, 0.2) is 0 Å². The number of benzene rings is 1. The zero-order valence-corrected chi connectivity index (χ0v) is 14.0. The molecule has 0 spiro atoms. The van der Waals surface area contributed by atoms with Crippen molar-refractivity contribution in [2.75, 3.05) is 12.4 Å². The smallest absolute Gasteiger partial charge is 0.340 e. The standard InChI is InChI=1S/C16H18ClN3O3/c1-10-11(9-20(2)19-10)4-7-15(21)18-14-6-5-12(17)8-13(14)16(22)23-3/h5-6,8-9H,4,7H2,1-3H3,(H,18,21). The number of carbonyl (C=O) groups excluding carboxylic acids is 2. The molecule has 0 bridgehead atoms. The van der Waals surface area contributed by atoms with Crippen molar-refractivity contribution in [2.24, 2.45) is 7.05 Å². The van der Waals surface area contributed by atoms with Crippen LogP contribution in [0.5, 0.6) is 0 Å². The van der Waals surface area contributed by atoms with E-state index in [0.29, 0.717) is 17.1 Å². The molecule has 1 aromatic heterocycles. The van der Waals surface area contributed by atoms with Gasteiger partial charge in [-0.2, -0.15) is 5.10 Å². The molecule has 1 heterocycles. The van der Waals surface area contributed by atoms with Crippen LogP contribution in [0.3, 0.4) is 0 Å². The van der Waals surface area contributed by atoms with E-state index in [0.717, 1.165) is 11.3 Å². The van der Waals surface area contributed by atoms with Gasteiger partial charge in [-0.25, -0.2) is 4.79 Å². The van der Waals surface area contributed by atoms with Crippen molar-refractivity contribution in [2.45, 2.75) is 19.8 Å². The van der Waals surface area contributed by atoms with Gasteiger partial charge < -0.3 is 10.1 Å². The van der Waals surface area contributed by atoms with Crippen LogP contribution in [0.15, 0.2) is 24.4 Å². The summed E-state index contributed by atoms with van der Waals surface area (Å²) in [6, 6.07) is 4.66. The Balaban J connectivity index is 2.05. The largest absolute Gasteiger partial charge is 0.465 e. The fourth-order valence-electron chi connectivity index (χ4n) is 2.26. The van der Waals surface area contributed by atoms with Gasteiger partial charge in [-0.3, -0.25) is 9.48 Å². The van der Waals surface area contributed by atoms with Crippen LogP contribution in [0.2, 0.25) is 5.02 Å². The average molecular weight is 336 g/mol. The number of hydrogen-bond donors (Lipinski definition) is 1. The molecule has 7 heteroatoms. The molecule has 23 heavy (non-hydrogen) atoms. The Kier molecular flexibility index (Phi) is 5.39. The lowest BCUT2D eigenvalue weighted by Crippen LogP contribution is -2.15. The zero-order valence-electron chi connectivity index (χ0n) is 13.2. The molecule has 0 fully saturated rings. The average Bonchev–Trinajstić information content (AvgIpc) is 2.84. The van der Waals surface area contributed by atoms with Gasteiger partial charge in [0.25, 0.3) is 0 Å². The van der Waals surface area contributed by atoms with Crippen LogP contribution in [-0.2, 0) is 23.0 Å². The SMILES string of the molecule is COC(=O)c1cc(Cl)ccc1NC(=O)CCc1cn(C)nc1C. The number of anilines is 1. The molecule has 0 radical (unpaired) electrons. The summed E-state index contributed by atoms with van der Waals surface area (Å²) in [6.45, 7) is 1.90. The van der Waals surface area contributed by atoms with Crippen molar-refractivity contribution in [3.63, 3.8) is 0 Å². The van der Waals surface area contributed by atoms with E-state index in [1.165, 1.54) is 13.2 Å². The highest BCUT2D eigenvalue weighted by molar-refractivity contribution is 6.31. The Morgan fingerprint density at radius 2 is 2.13 bits per heavy atom. The molecule has 0 unspecified atom stereocenters. The summed E-state index contributed by atoms with van der Waals surface area (Å²) in [5.41, 5.74) is 2.54. The van der Waals surface area contributed by atoms with E-state index in [2.05, 4.69) is 10.4 Å². The van der Waals surface area contributed by atoms with Gasteiger partial charge in [0.1, 0.15) is 0 Å². The third-order valence-corrected chi connectivity index (χ3v) is 3.63. The van der Waals surface area contributed by atoms with E-state index in [1.54, 1.807) is 16.8 Å². The fraction of sp³-hybridized carbons (Fsp3) is 0.312. The van der Waals surface area contributed by atoms with E-state index in [9.17, 15) is 9.59 Å². The Bertz CT molecular complexity index is 740. The van der Waals surface area contributed by atoms with E-state index < -0.39 is 5.97 Å². The lowest BCUT2D eigenvalue weighted by Gasteiger charge is -2.10. The van der Waals surface area contributed by atoms with Crippen molar-refractivity contribution < 1.29 is 14.3 Å². The highest BCUT2D eigenvalue weighted by Gasteiger charge is 2.15. The van der Waals surface area contributed by atoms with Crippen molar-refractivity contribution >= 4 is 29.2 Å². The molecule has 6 nitrogen and oxygen atoms in total. The first kappa shape index (κ1) is 17.0. The molecule has 0 aliphatic heterocycles. The number of aromatic nitrogens is 2. The lowest BCUT2D eigenvalue weighted by molar-refractivity contribution is -0.116. The third kappa shape index (κ3) is 4.32. The van der Waals surface area contributed by atoms with Crippen LogP contribution in [0, 0.1) is 6.92 Å². The molecule has 0 aliphatic carbocycles. The summed E-state index contributed by atoms with van der Waals surface area (Å²) in [5, 5.41) is 7.36. The van der Waals surface area contributed by atoms with Gasteiger partial charge in [0, 0.05) is 24.7 Å². The third-order valence-electron chi connectivity index (χ3n) is 3.40. The molecule has 1 aromatic carbocycles. The second-order valence-corrected chi connectivity index (χ2v) is 5.58. The number of halogens is 1. The molecule has 0 atom stereocenters. The quantitative estimate of drug-likeness (QED) is 0.853. The highest BCUT2D eigenvalue weighted by Crippen LogP contribution is 2.22. The first-order valence-corrected chi connectivity index (χ1v) is 7.45. The zero-order chi connectivity index (χ0) is 17.0. The normalized spacial score (nSPS) is 10.4. The topological polar surface area (TPSA) is 73.2 Å². The Morgan fingerprint density at radius 1 is 1.39 bits per heavy atom. The maximum absolute atomic E-state index is 12.1. The Morgan fingerprint density at radius 3 is 2.74 bits per heavy atom. The van der Waals surface area contributed by atoms with Gasteiger partial charge in [-0.1, -0.05) is 11.6 Å². The van der Waals surface area contributed by atoms with Gasteiger partial charge in [0.05, 0.1) is 24.1 Å².